The van der Waals surface area contributed by atoms with E-state index in [1.165, 1.54) is 5.56 Å². The maximum absolute atomic E-state index is 9.10. The third kappa shape index (κ3) is 7.17. The third-order valence-electron chi connectivity index (χ3n) is 6.78. The summed E-state index contributed by atoms with van der Waals surface area (Å²) in [5.74, 6) is 0. The summed E-state index contributed by atoms with van der Waals surface area (Å²) in [6.07, 6.45) is 1.42. The summed E-state index contributed by atoms with van der Waals surface area (Å²) >= 11 is 0. The Morgan fingerprint density at radius 2 is 1.51 bits per heavy atom. The Morgan fingerprint density at radius 3 is 2.14 bits per heavy atom. The van der Waals surface area contributed by atoms with Crippen LogP contribution in [0.25, 0.3) is 10.4 Å². The van der Waals surface area contributed by atoms with E-state index in [2.05, 4.69) is 70.4 Å². The molecule has 6 heteroatoms. The lowest BCUT2D eigenvalue weighted by molar-refractivity contribution is -0.0907. The van der Waals surface area contributed by atoms with E-state index in [-0.39, 0.29) is 24.2 Å². The van der Waals surface area contributed by atoms with Crippen LogP contribution in [0.5, 0.6) is 0 Å². The summed E-state index contributed by atoms with van der Waals surface area (Å²) in [4.78, 5) is 5.61. The number of rotatable bonds is 11. The first-order valence-electron chi connectivity index (χ1n) is 12.4. The van der Waals surface area contributed by atoms with Gasteiger partial charge in [-0.3, -0.25) is 4.90 Å². The molecule has 4 atom stereocenters. The van der Waals surface area contributed by atoms with Crippen LogP contribution in [0.2, 0.25) is 0 Å². The average Bonchev–Trinajstić information content (AvgIpc) is 2.92. The Bertz CT molecular complexity index is 1060. The molecule has 182 valence electrons. The van der Waals surface area contributed by atoms with Crippen LogP contribution in [0.15, 0.2) is 96.1 Å². The molecule has 0 N–H and O–H groups in total. The fourth-order valence-corrected chi connectivity index (χ4v) is 4.86. The Hall–Kier alpha value is -3.15. The lowest BCUT2D eigenvalue weighted by Gasteiger charge is -2.45. The average molecular weight is 471 g/mol. The van der Waals surface area contributed by atoms with Crippen molar-refractivity contribution in [3.8, 4) is 0 Å². The molecule has 1 saturated heterocycles. The van der Waals surface area contributed by atoms with E-state index in [1.54, 1.807) is 0 Å². The summed E-state index contributed by atoms with van der Waals surface area (Å²) < 4.78 is 12.7. The van der Waals surface area contributed by atoms with E-state index in [1.807, 2.05) is 42.5 Å². The van der Waals surface area contributed by atoms with E-state index >= 15 is 0 Å². The zero-order chi connectivity index (χ0) is 24.3. The molecule has 0 aliphatic carbocycles. The zero-order valence-electron chi connectivity index (χ0n) is 20.3. The molecule has 0 spiro atoms. The van der Waals surface area contributed by atoms with Gasteiger partial charge in [-0.05, 0) is 48.5 Å². The van der Waals surface area contributed by atoms with Crippen LogP contribution in [-0.2, 0) is 22.7 Å². The van der Waals surface area contributed by atoms with Gasteiger partial charge in [0.05, 0.1) is 25.9 Å². The highest BCUT2D eigenvalue weighted by Gasteiger charge is 2.37. The molecular formula is C29H34N4O2. The minimum Gasteiger partial charge on any atom is -0.374 e. The van der Waals surface area contributed by atoms with Crippen molar-refractivity contribution in [3.63, 3.8) is 0 Å². The number of ether oxygens (including phenoxy) is 2. The van der Waals surface area contributed by atoms with Crippen LogP contribution < -0.4 is 0 Å². The van der Waals surface area contributed by atoms with E-state index in [0.29, 0.717) is 19.8 Å². The molecule has 0 unspecified atom stereocenters. The van der Waals surface area contributed by atoms with Crippen LogP contribution in [0.1, 0.15) is 42.5 Å². The summed E-state index contributed by atoms with van der Waals surface area (Å²) in [6, 6.07) is 31.2. The minimum atomic E-state index is -0.165. The Labute approximate surface area is 208 Å². The number of likely N-dealkylation sites (tertiary alicyclic amines) is 1. The fourth-order valence-electron chi connectivity index (χ4n) is 4.86. The molecule has 1 fully saturated rings. The Balaban J connectivity index is 1.54. The number of azide groups is 1. The van der Waals surface area contributed by atoms with E-state index in [9.17, 15) is 0 Å². The van der Waals surface area contributed by atoms with E-state index in [4.69, 9.17) is 15.0 Å². The number of piperidine rings is 1. The highest BCUT2D eigenvalue weighted by Crippen LogP contribution is 2.32. The van der Waals surface area contributed by atoms with Crippen LogP contribution in [0.4, 0.5) is 0 Å². The van der Waals surface area contributed by atoms with Crippen molar-refractivity contribution in [2.75, 3.05) is 13.2 Å². The van der Waals surface area contributed by atoms with Gasteiger partial charge in [0.2, 0.25) is 0 Å². The van der Waals surface area contributed by atoms with Gasteiger partial charge in [-0.2, -0.15) is 0 Å². The summed E-state index contributed by atoms with van der Waals surface area (Å²) in [6.45, 7) is 4.60. The molecule has 0 amide bonds. The number of benzene rings is 3. The smallest absolute Gasteiger partial charge is 0.0968 e. The zero-order valence-corrected chi connectivity index (χ0v) is 20.3. The standard InChI is InChI=1S/C29H34N4O2/c1-23(26-15-9-4-10-16-26)33-18-17-27(31-32-30)19-28(33)29(35-21-25-13-7-3-8-14-25)22-34-20-24-11-5-2-6-12-24/h2-16,23,27-29H,17-22H2,1H3/t23-,27+,28+,29+/m0/s1. The number of nitrogens with zero attached hydrogens (tertiary/aromatic N) is 4. The van der Waals surface area contributed by atoms with Crippen LogP contribution >= 0.6 is 0 Å². The molecule has 1 aliphatic heterocycles. The second kappa shape index (κ2) is 13.1. The maximum Gasteiger partial charge on any atom is 0.0968 e. The molecule has 6 nitrogen and oxygen atoms in total. The van der Waals surface area contributed by atoms with Gasteiger partial charge in [0, 0.05) is 23.0 Å². The van der Waals surface area contributed by atoms with Gasteiger partial charge in [0.1, 0.15) is 0 Å². The topological polar surface area (TPSA) is 70.5 Å². The lowest BCUT2D eigenvalue weighted by Crippen LogP contribution is -2.53. The van der Waals surface area contributed by atoms with E-state index < -0.39 is 0 Å². The Kier molecular flexibility index (Phi) is 9.32. The maximum atomic E-state index is 9.10. The molecule has 0 bridgehead atoms. The SMILES string of the molecule is C[C@@H](c1ccccc1)N1CC[C@@H](N=[N+]=[N-])C[C@@H]1[C@@H](COCc1ccccc1)OCc1ccccc1. The first kappa shape index (κ1) is 25.0. The van der Waals surface area contributed by atoms with Gasteiger partial charge >= 0.3 is 0 Å². The molecular weight excluding hydrogens is 436 g/mol. The molecule has 3 aromatic carbocycles. The highest BCUT2D eigenvalue weighted by atomic mass is 16.5. The van der Waals surface area contributed by atoms with Crippen molar-refractivity contribution in [1.82, 2.24) is 4.90 Å². The predicted molar refractivity (Wildman–Crippen MR) is 139 cm³/mol. The third-order valence-corrected chi connectivity index (χ3v) is 6.78. The van der Waals surface area contributed by atoms with Crippen molar-refractivity contribution >= 4 is 0 Å². The van der Waals surface area contributed by atoms with Gasteiger partial charge in [-0.15, -0.1) is 0 Å². The monoisotopic (exact) mass is 470 g/mol. The molecule has 1 aliphatic rings. The summed E-state index contributed by atoms with van der Waals surface area (Å²) in [7, 11) is 0. The Morgan fingerprint density at radius 1 is 0.914 bits per heavy atom. The molecule has 0 saturated carbocycles. The highest BCUT2D eigenvalue weighted by molar-refractivity contribution is 5.19. The molecule has 0 aromatic heterocycles. The summed E-state index contributed by atoms with van der Waals surface area (Å²) in [5.41, 5.74) is 12.6. The lowest BCUT2D eigenvalue weighted by atomic mass is 9.90. The second-order valence-electron chi connectivity index (χ2n) is 9.11. The first-order chi connectivity index (χ1) is 17.2. The van der Waals surface area contributed by atoms with Crippen molar-refractivity contribution in [2.24, 2.45) is 5.11 Å². The number of hydrogen-bond acceptors (Lipinski definition) is 4. The first-order valence-corrected chi connectivity index (χ1v) is 12.4. The van der Waals surface area contributed by atoms with Crippen molar-refractivity contribution in [1.29, 1.82) is 0 Å². The second-order valence-corrected chi connectivity index (χ2v) is 9.11. The quantitative estimate of drug-likeness (QED) is 0.178. The van der Waals surface area contributed by atoms with Crippen LogP contribution in [0, 0.1) is 0 Å². The molecule has 1 heterocycles. The predicted octanol–water partition coefficient (Wildman–Crippen LogP) is 6.69. The fraction of sp³-hybridized carbons (Fsp3) is 0.379. The molecule has 4 rings (SSSR count). The van der Waals surface area contributed by atoms with Crippen molar-refractivity contribution < 1.29 is 9.47 Å². The summed E-state index contributed by atoms with van der Waals surface area (Å²) in [5, 5.41) is 4.09. The number of hydrogen-bond donors (Lipinski definition) is 0. The van der Waals surface area contributed by atoms with Gasteiger partial charge in [0.15, 0.2) is 0 Å². The largest absolute Gasteiger partial charge is 0.374 e. The molecule has 3 aromatic rings. The van der Waals surface area contributed by atoms with Gasteiger partial charge in [0.25, 0.3) is 0 Å². The van der Waals surface area contributed by atoms with Gasteiger partial charge < -0.3 is 9.47 Å². The van der Waals surface area contributed by atoms with Gasteiger partial charge in [-0.25, -0.2) is 0 Å². The van der Waals surface area contributed by atoms with Gasteiger partial charge in [-0.1, -0.05) is 96.1 Å². The minimum absolute atomic E-state index is 0.0406. The molecule has 0 radical (unpaired) electrons. The van der Waals surface area contributed by atoms with Crippen molar-refractivity contribution in [2.45, 2.75) is 57.2 Å². The van der Waals surface area contributed by atoms with Crippen LogP contribution in [-0.4, -0.2) is 36.2 Å². The van der Waals surface area contributed by atoms with Crippen molar-refractivity contribution in [3.05, 3.63) is 118 Å². The molecule has 35 heavy (non-hydrogen) atoms. The van der Waals surface area contributed by atoms with E-state index in [0.717, 1.165) is 30.5 Å². The normalized spacial score (nSPS) is 20.0. The van der Waals surface area contributed by atoms with Crippen LogP contribution in [0.3, 0.4) is 0 Å².